The lowest BCUT2D eigenvalue weighted by atomic mass is 9.65. The van der Waals surface area contributed by atoms with E-state index in [4.69, 9.17) is 9.97 Å². The lowest BCUT2D eigenvalue weighted by Gasteiger charge is -2.39. The Balaban J connectivity index is 1.01. The Kier molecular flexibility index (Phi) is 7.14. The van der Waals surface area contributed by atoms with Crippen molar-refractivity contribution in [3.05, 3.63) is 235 Å². The quantitative estimate of drug-likeness (QED) is 0.176. The minimum absolute atomic E-state index is 0.453. The third-order valence-corrected chi connectivity index (χ3v) is 12.2. The van der Waals surface area contributed by atoms with E-state index in [1.54, 1.807) is 0 Å². The number of imidazole rings is 1. The standard InChI is InChI=1S/C55H35N3/c1-3-16-36(17-4-1)42-34-50(37-18-5-2-6-19-37)56-51(35-42)40-22-13-20-38(32-40)39-21-14-23-41(33-39)54-57-49-30-15-29-48-53(49)58(54)52-31-12-11-28-47(52)55(48)45-26-9-7-24-43(45)44-25-8-10-27-46(44)55/h1-35H. The van der Waals surface area contributed by atoms with Crippen LogP contribution in [0, 0.1) is 0 Å². The number of nitrogens with zero attached hydrogens (tertiary/aromatic N) is 3. The summed E-state index contributed by atoms with van der Waals surface area (Å²) in [5.41, 5.74) is 20.3. The summed E-state index contributed by atoms with van der Waals surface area (Å²) in [4.78, 5) is 10.7. The summed E-state index contributed by atoms with van der Waals surface area (Å²) in [6.45, 7) is 0. The maximum absolute atomic E-state index is 5.45. The van der Waals surface area contributed by atoms with Crippen molar-refractivity contribution in [2.45, 2.75) is 5.41 Å². The molecule has 270 valence electrons. The van der Waals surface area contributed by atoms with Crippen LogP contribution in [0.3, 0.4) is 0 Å². The van der Waals surface area contributed by atoms with E-state index < -0.39 is 5.41 Å². The van der Waals surface area contributed by atoms with E-state index in [0.29, 0.717) is 0 Å². The molecular weight excluding hydrogens is 703 g/mol. The van der Waals surface area contributed by atoms with E-state index in [0.717, 1.165) is 67.3 Å². The molecule has 3 heterocycles. The molecule has 10 aromatic rings. The number of rotatable bonds is 5. The van der Waals surface area contributed by atoms with Gasteiger partial charge in [-0.25, -0.2) is 9.97 Å². The predicted octanol–water partition coefficient (Wildman–Crippen LogP) is 13.4. The average Bonchev–Trinajstić information content (AvgIpc) is 3.84. The van der Waals surface area contributed by atoms with Gasteiger partial charge in [-0.2, -0.15) is 0 Å². The van der Waals surface area contributed by atoms with Gasteiger partial charge in [-0.1, -0.05) is 176 Å². The zero-order chi connectivity index (χ0) is 38.2. The van der Waals surface area contributed by atoms with Crippen LogP contribution >= 0.6 is 0 Å². The van der Waals surface area contributed by atoms with Gasteiger partial charge in [0.15, 0.2) is 0 Å². The summed E-state index contributed by atoms with van der Waals surface area (Å²) in [6.07, 6.45) is 0. The molecule has 0 bridgehead atoms. The van der Waals surface area contributed by atoms with Crippen LogP contribution in [0.4, 0.5) is 0 Å². The number of aromatic nitrogens is 3. The number of hydrogen-bond acceptors (Lipinski definition) is 2. The Bertz CT molecular complexity index is 3130. The fraction of sp³-hybridized carbons (Fsp3) is 0.0182. The average molecular weight is 738 g/mol. The molecule has 2 aliphatic rings. The van der Waals surface area contributed by atoms with Crippen molar-refractivity contribution in [2.75, 3.05) is 0 Å². The zero-order valence-corrected chi connectivity index (χ0v) is 31.5. The number of para-hydroxylation sites is 2. The minimum Gasteiger partial charge on any atom is -0.292 e. The summed E-state index contributed by atoms with van der Waals surface area (Å²) < 4.78 is 2.41. The van der Waals surface area contributed by atoms with E-state index in [1.165, 1.54) is 38.9 Å². The Hall–Kier alpha value is -7.62. The van der Waals surface area contributed by atoms with Crippen LogP contribution in [0.25, 0.3) is 84.0 Å². The van der Waals surface area contributed by atoms with Crippen molar-refractivity contribution >= 4 is 11.0 Å². The molecule has 0 saturated carbocycles. The normalized spacial score (nSPS) is 13.0. The third-order valence-electron chi connectivity index (χ3n) is 12.2. The maximum atomic E-state index is 5.45. The van der Waals surface area contributed by atoms with Crippen molar-refractivity contribution < 1.29 is 0 Å². The van der Waals surface area contributed by atoms with Gasteiger partial charge in [-0.15, -0.1) is 0 Å². The first-order valence-corrected chi connectivity index (χ1v) is 19.9. The number of pyridine rings is 1. The first-order valence-electron chi connectivity index (χ1n) is 19.9. The molecule has 1 spiro atoms. The van der Waals surface area contributed by atoms with Crippen molar-refractivity contribution in [1.82, 2.24) is 14.5 Å². The molecule has 12 rings (SSSR count). The summed E-state index contributed by atoms with van der Waals surface area (Å²) in [5, 5.41) is 0. The Morgan fingerprint density at radius 1 is 0.328 bits per heavy atom. The molecular formula is C55H35N3. The highest BCUT2D eigenvalue weighted by Gasteiger charge is 2.50. The number of fused-ring (bicyclic) bond motifs is 9. The Labute approximate surface area is 337 Å². The van der Waals surface area contributed by atoms with Gasteiger partial charge in [-0.3, -0.25) is 4.57 Å². The molecule has 3 heteroatoms. The molecule has 0 amide bonds. The Morgan fingerprint density at radius 2 is 0.828 bits per heavy atom. The Morgan fingerprint density at radius 3 is 1.53 bits per heavy atom. The second kappa shape index (κ2) is 12.7. The smallest absolute Gasteiger partial charge is 0.145 e. The molecule has 0 radical (unpaired) electrons. The molecule has 0 N–H and O–H groups in total. The summed E-state index contributed by atoms with van der Waals surface area (Å²) in [6, 6.07) is 76.5. The second-order valence-electron chi connectivity index (χ2n) is 15.3. The van der Waals surface area contributed by atoms with Gasteiger partial charge in [0, 0.05) is 16.7 Å². The van der Waals surface area contributed by atoms with Crippen LogP contribution in [0.1, 0.15) is 22.3 Å². The molecule has 0 unspecified atom stereocenters. The number of hydrogen-bond donors (Lipinski definition) is 0. The highest BCUT2D eigenvalue weighted by Crippen LogP contribution is 2.60. The van der Waals surface area contributed by atoms with Crippen LogP contribution in [-0.2, 0) is 5.41 Å². The van der Waals surface area contributed by atoms with Crippen molar-refractivity contribution in [3.63, 3.8) is 0 Å². The summed E-state index contributed by atoms with van der Waals surface area (Å²) in [7, 11) is 0. The minimum atomic E-state index is -0.453. The lowest BCUT2D eigenvalue weighted by Crippen LogP contribution is -2.33. The van der Waals surface area contributed by atoms with E-state index in [-0.39, 0.29) is 0 Å². The van der Waals surface area contributed by atoms with E-state index in [1.807, 2.05) is 6.07 Å². The van der Waals surface area contributed by atoms with Gasteiger partial charge in [-0.05, 0) is 92.0 Å². The molecule has 0 fully saturated rings. The second-order valence-corrected chi connectivity index (χ2v) is 15.3. The molecule has 2 aromatic heterocycles. The van der Waals surface area contributed by atoms with E-state index in [9.17, 15) is 0 Å². The highest BCUT2D eigenvalue weighted by molar-refractivity contribution is 5.97. The summed E-state index contributed by atoms with van der Waals surface area (Å²) in [5.74, 6) is 0.937. The van der Waals surface area contributed by atoms with Gasteiger partial charge in [0.05, 0.1) is 33.5 Å². The van der Waals surface area contributed by atoms with Crippen LogP contribution in [0.2, 0.25) is 0 Å². The van der Waals surface area contributed by atoms with Crippen molar-refractivity contribution in [1.29, 1.82) is 0 Å². The van der Waals surface area contributed by atoms with Crippen molar-refractivity contribution in [3.8, 4) is 73.0 Å². The first-order chi connectivity index (χ1) is 28.8. The largest absolute Gasteiger partial charge is 0.292 e. The van der Waals surface area contributed by atoms with Crippen LogP contribution in [0.15, 0.2) is 212 Å². The van der Waals surface area contributed by atoms with Crippen LogP contribution in [0.5, 0.6) is 0 Å². The van der Waals surface area contributed by atoms with Gasteiger partial charge in [0.2, 0.25) is 0 Å². The van der Waals surface area contributed by atoms with Crippen molar-refractivity contribution in [2.24, 2.45) is 0 Å². The molecule has 58 heavy (non-hydrogen) atoms. The topological polar surface area (TPSA) is 30.7 Å². The monoisotopic (exact) mass is 737 g/mol. The van der Waals surface area contributed by atoms with E-state index in [2.05, 4.69) is 211 Å². The van der Waals surface area contributed by atoms with Gasteiger partial charge >= 0.3 is 0 Å². The molecule has 1 aliphatic carbocycles. The van der Waals surface area contributed by atoms with Crippen LogP contribution < -0.4 is 0 Å². The fourth-order valence-corrected chi connectivity index (χ4v) is 9.73. The highest BCUT2D eigenvalue weighted by atomic mass is 15.1. The van der Waals surface area contributed by atoms with Gasteiger partial charge in [0.25, 0.3) is 0 Å². The molecule has 1 aliphatic heterocycles. The molecule has 0 saturated heterocycles. The fourth-order valence-electron chi connectivity index (χ4n) is 9.73. The zero-order valence-electron chi connectivity index (χ0n) is 31.5. The SMILES string of the molecule is c1ccc(-c2cc(-c3ccccc3)nc(-c3cccc(-c4cccc(-c5nc6cccc7c6n5-c5ccccc5C75c6ccccc6-c6ccccc65)c4)c3)c2)cc1. The van der Waals surface area contributed by atoms with Gasteiger partial charge < -0.3 is 0 Å². The first kappa shape index (κ1) is 32.6. The predicted molar refractivity (Wildman–Crippen MR) is 237 cm³/mol. The molecule has 8 aromatic carbocycles. The summed E-state index contributed by atoms with van der Waals surface area (Å²) >= 11 is 0. The lowest BCUT2D eigenvalue weighted by molar-refractivity contribution is 0.746. The van der Waals surface area contributed by atoms with Gasteiger partial charge in [0.1, 0.15) is 5.82 Å². The maximum Gasteiger partial charge on any atom is 0.145 e. The molecule has 0 atom stereocenters. The third kappa shape index (κ3) is 4.74. The van der Waals surface area contributed by atoms with Crippen LogP contribution in [-0.4, -0.2) is 14.5 Å². The molecule has 3 nitrogen and oxygen atoms in total. The number of benzene rings is 8. The van der Waals surface area contributed by atoms with E-state index >= 15 is 0 Å².